The van der Waals surface area contributed by atoms with E-state index in [-0.39, 0.29) is 23.6 Å². The van der Waals surface area contributed by atoms with Crippen molar-refractivity contribution >= 4 is 23.5 Å². The van der Waals surface area contributed by atoms with E-state index in [1.807, 2.05) is 38.1 Å². The first-order valence-electron chi connectivity index (χ1n) is 7.40. The fourth-order valence-electron chi connectivity index (χ4n) is 2.28. The highest BCUT2D eigenvalue weighted by molar-refractivity contribution is 6.30. The van der Waals surface area contributed by atoms with Gasteiger partial charge in [-0.2, -0.15) is 0 Å². The summed E-state index contributed by atoms with van der Waals surface area (Å²) in [4.78, 5) is 22.7. The number of nitrogens with one attached hydrogen (secondary N) is 1. The Balaban J connectivity index is 1.86. The Morgan fingerprint density at radius 1 is 1.38 bits per heavy atom. The molecule has 0 saturated carbocycles. The molecule has 24 heavy (non-hydrogen) atoms. The van der Waals surface area contributed by atoms with Crippen molar-refractivity contribution in [2.24, 2.45) is 5.41 Å². The third-order valence-electron chi connectivity index (χ3n) is 3.40. The van der Waals surface area contributed by atoms with Crippen LogP contribution in [-0.4, -0.2) is 38.5 Å². The molecule has 7 nitrogen and oxygen atoms in total. The molecule has 1 aromatic carbocycles. The maximum absolute atomic E-state index is 12.0. The monoisotopic (exact) mass is 350 g/mol. The molecule has 1 aromatic heterocycles. The molecule has 2 N–H and O–H groups in total. The van der Waals surface area contributed by atoms with Crippen LogP contribution < -0.4 is 5.32 Å². The second-order valence-corrected chi connectivity index (χ2v) is 6.79. The molecule has 0 aliphatic rings. The van der Waals surface area contributed by atoms with Gasteiger partial charge in [0.05, 0.1) is 6.20 Å². The van der Waals surface area contributed by atoms with Crippen molar-refractivity contribution in [3.63, 3.8) is 0 Å². The molecule has 0 radical (unpaired) electrons. The lowest BCUT2D eigenvalue weighted by molar-refractivity contribution is -0.122. The molecular weight excluding hydrogens is 332 g/mol. The molecule has 0 atom stereocenters. The average molecular weight is 351 g/mol. The van der Waals surface area contributed by atoms with Gasteiger partial charge < -0.3 is 10.4 Å². The standard InChI is InChI=1S/C16H19ClN4O3/c1-16(2,7-11-4-3-5-12(17)6-11)10-18-14(22)9-21-8-13(15(23)24)19-20-21/h3-6,8H,7,9-10H2,1-2H3,(H,18,22)(H,23,24). The summed E-state index contributed by atoms with van der Waals surface area (Å²) in [5.74, 6) is -1.43. The van der Waals surface area contributed by atoms with Gasteiger partial charge in [0.15, 0.2) is 5.69 Å². The SMILES string of the molecule is CC(C)(CNC(=O)Cn1cc(C(=O)O)nn1)Cc1cccc(Cl)c1. The molecule has 128 valence electrons. The minimum absolute atomic E-state index is 0.0759. The van der Waals surface area contributed by atoms with Crippen molar-refractivity contribution in [1.29, 1.82) is 0 Å². The molecule has 0 saturated heterocycles. The zero-order valence-electron chi connectivity index (χ0n) is 13.5. The van der Waals surface area contributed by atoms with E-state index >= 15 is 0 Å². The van der Waals surface area contributed by atoms with Gasteiger partial charge in [-0.05, 0) is 29.5 Å². The first kappa shape index (κ1) is 17.9. The Labute approximate surface area is 144 Å². The Hall–Kier alpha value is -2.41. The highest BCUT2D eigenvalue weighted by Crippen LogP contribution is 2.22. The van der Waals surface area contributed by atoms with E-state index < -0.39 is 5.97 Å². The minimum Gasteiger partial charge on any atom is -0.476 e. The first-order chi connectivity index (χ1) is 11.2. The van der Waals surface area contributed by atoms with E-state index in [0.717, 1.165) is 12.0 Å². The van der Waals surface area contributed by atoms with Crippen molar-refractivity contribution < 1.29 is 14.7 Å². The normalized spacial score (nSPS) is 11.3. The predicted molar refractivity (Wildman–Crippen MR) is 88.9 cm³/mol. The molecular formula is C16H19ClN4O3. The number of amides is 1. The first-order valence-corrected chi connectivity index (χ1v) is 7.77. The second kappa shape index (κ2) is 7.44. The molecule has 2 rings (SSSR count). The number of benzene rings is 1. The highest BCUT2D eigenvalue weighted by Gasteiger charge is 2.20. The summed E-state index contributed by atoms with van der Waals surface area (Å²) in [6.45, 7) is 4.49. The van der Waals surface area contributed by atoms with Crippen LogP contribution in [0.1, 0.15) is 29.9 Å². The molecule has 0 unspecified atom stereocenters. The number of carbonyl (C=O) groups is 2. The molecule has 0 aliphatic carbocycles. The Morgan fingerprint density at radius 2 is 2.12 bits per heavy atom. The Kier molecular flexibility index (Phi) is 5.56. The number of hydrogen-bond acceptors (Lipinski definition) is 4. The van der Waals surface area contributed by atoms with E-state index in [1.165, 1.54) is 10.9 Å². The summed E-state index contributed by atoms with van der Waals surface area (Å²) in [7, 11) is 0. The van der Waals surface area contributed by atoms with Crippen molar-refractivity contribution in [1.82, 2.24) is 20.3 Å². The van der Waals surface area contributed by atoms with Crippen molar-refractivity contribution in [2.75, 3.05) is 6.54 Å². The summed E-state index contributed by atoms with van der Waals surface area (Å²) in [5, 5.41) is 19.4. The molecule has 1 amide bonds. The maximum atomic E-state index is 12.0. The van der Waals surface area contributed by atoms with Gasteiger partial charge in [0.1, 0.15) is 6.54 Å². The molecule has 2 aromatic rings. The van der Waals surface area contributed by atoms with Gasteiger partial charge >= 0.3 is 5.97 Å². The zero-order valence-corrected chi connectivity index (χ0v) is 14.2. The van der Waals surface area contributed by atoms with Crippen LogP contribution in [0.3, 0.4) is 0 Å². The number of carboxylic acid groups (broad SMARTS) is 1. The van der Waals surface area contributed by atoms with Crippen LogP contribution in [0.5, 0.6) is 0 Å². The van der Waals surface area contributed by atoms with Crippen LogP contribution in [0.25, 0.3) is 0 Å². The molecule has 8 heteroatoms. The smallest absolute Gasteiger partial charge is 0.358 e. The van der Waals surface area contributed by atoms with E-state index in [0.29, 0.717) is 11.6 Å². The molecule has 0 fully saturated rings. The number of aromatic carboxylic acids is 1. The maximum Gasteiger partial charge on any atom is 0.358 e. The number of rotatable bonds is 7. The number of hydrogen-bond donors (Lipinski definition) is 2. The highest BCUT2D eigenvalue weighted by atomic mass is 35.5. The lowest BCUT2D eigenvalue weighted by atomic mass is 9.85. The molecule has 0 spiro atoms. The molecule has 1 heterocycles. The second-order valence-electron chi connectivity index (χ2n) is 6.35. The summed E-state index contributed by atoms with van der Waals surface area (Å²) in [5.41, 5.74) is 0.753. The summed E-state index contributed by atoms with van der Waals surface area (Å²) < 4.78 is 1.20. The minimum atomic E-state index is -1.18. The van der Waals surface area contributed by atoms with E-state index in [4.69, 9.17) is 16.7 Å². The van der Waals surface area contributed by atoms with E-state index in [1.54, 1.807) is 0 Å². The van der Waals surface area contributed by atoms with Gasteiger partial charge in [-0.1, -0.05) is 42.8 Å². The van der Waals surface area contributed by atoms with Crippen LogP contribution in [0.15, 0.2) is 30.5 Å². The lowest BCUT2D eigenvalue weighted by Crippen LogP contribution is -2.37. The van der Waals surface area contributed by atoms with Gasteiger partial charge in [-0.3, -0.25) is 4.79 Å². The van der Waals surface area contributed by atoms with Gasteiger partial charge in [0, 0.05) is 11.6 Å². The van der Waals surface area contributed by atoms with Crippen LogP contribution in [0.4, 0.5) is 0 Å². The third kappa shape index (κ3) is 5.34. The van der Waals surface area contributed by atoms with Crippen LogP contribution in [-0.2, 0) is 17.8 Å². The fourth-order valence-corrected chi connectivity index (χ4v) is 2.49. The van der Waals surface area contributed by atoms with Gasteiger partial charge in [0.25, 0.3) is 0 Å². The quantitative estimate of drug-likeness (QED) is 0.796. The third-order valence-corrected chi connectivity index (χ3v) is 3.63. The van der Waals surface area contributed by atoms with Crippen molar-refractivity contribution in [2.45, 2.75) is 26.8 Å². The number of carboxylic acids is 1. The largest absolute Gasteiger partial charge is 0.476 e. The fraction of sp³-hybridized carbons (Fsp3) is 0.375. The number of halogens is 1. The van der Waals surface area contributed by atoms with Crippen molar-refractivity contribution in [3.8, 4) is 0 Å². The average Bonchev–Trinajstić information content (AvgIpc) is 2.93. The van der Waals surface area contributed by atoms with Gasteiger partial charge in [-0.15, -0.1) is 5.10 Å². The van der Waals surface area contributed by atoms with E-state index in [9.17, 15) is 9.59 Å². The lowest BCUT2D eigenvalue weighted by Gasteiger charge is -2.25. The van der Waals surface area contributed by atoms with Gasteiger partial charge in [-0.25, -0.2) is 9.48 Å². The molecule has 0 bridgehead atoms. The van der Waals surface area contributed by atoms with Gasteiger partial charge in [0.2, 0.25) is 5.91 Å². The summed E-state index contributed by atoms with van der Waals surface area (Å²) in [6, 6.07) is 7.63. The summed E-state index contributed by atoms with van der Waals surface area (Å²) >= 11 is 5.99. The van der Waals surface area contributed by atoms with Crippen LogP contribution in [0, 0.1) is 5.41 Å². The number of aromatic nitrogens is 3. The summed E-state index contributed by atoms with van der Waals surface area (Å²) in [6.07, 6.45) is 1.99. The van der Waals surface area contributed by atoms with Crippen LogP contribution in [0.2, 0.25) is 5.02 Å². The van der Waals surface area contributed by atoms with Crippen molar-refractivity contribution in [3.05, 3.63) is 46.7 Å². The number of nitrogens with zero attached hydrogens (tertiary/aromatic N) is 3. The van der Waals surface area contributed by atoms with E-state index in [2.05, 4.69) is 15.6 Å². The molecule has 0 aliphatic heterocycles. The topological polar surface area (TPSA) is 97.1 Å². The Bertz CT molecular complexity index is 742. The zero-order chi connectivity index (χ0) is 17.7. The predicted octanol–water partition coefficient (Wildman–Crippen LogP) is 2.01. The number of carbonyl (C=O) groups excluding carboxylic acids is 1. The van der Waals surface area contributed by atoms with Crippen LogP contribution >= 0.6 is 11.6 Å². The Morgan fingerprint density at radius 3 is 2.75 bits per heavy atom.